The van der Waals surface area contributed by atoms with Crippen LogP contribution in [0.4, 0.5) is 0 Å². The number of nitrogens with zero attached hydrogens (tertiary/aromatic N) is 3. The van der Waals surface area contributed by atoms with E-state index < -0.39 is 11.5 Å². The van der Waals surface area contributed by atoms with Crippen LogP contribution >= 0.6 is 0 Å². The van der Waals surface area contributed by atoms with Gasteiger partial charge in [-0.2, -0.15) is 4.98 Å². The highest BCUT2D eigenvalue weighted by atomic mass is 16.5. The molecule has 0 spiro atoms. The van der Waals surface area contributed by atoms with E-state index in [1.165, 1.54) is 6.07 Å². The van der Waals surface area contributed by atoms with E-state index in [0.717, 1.165) is 0 Å². The van der Waals surface area contributed by atoms with E-state index in [1.807, 2.05) is 0 Å². The van der Waals surface area contributed by atoms with E-state index in [0.29, 0.717) is 17.1 Å². The lowest BCUT2D eigenvalue weighted by molar-refractivity contribution is 0.0944. The molecule has 0 saturated heterocycles. The van der Waals surface area contributed by atoms with Gasteiger partial charge >= 0.3 is 0 Å². The van der Waals surface area contributed by atoms with Gasteiger partial charge in [-0.25, -0.2) is 0 Å². The first-order valence-corrected chi connectivity index (χ1v) is 6.84. The Balaban J connectivity index is 1.68. The lowest BCUT2D eigenvalue weighted by Crippen LogP contribution is -2.29. The molecule has 2 N–H and O–H groups in total. The quantitative estimate of drug-likeness (QED) is 0.744. The number of aromatic amines is 1. The lowest BCUT2D eigenvalue weighted by Gasteiger charge is -2.01. The Labute approximate surface area is 130 Å². The molecule has 0 aliphatic heterocycles. The van der Waals surface area contributed by atoms with Gasteiger partial charge in [0.25, 0.3) is 11.5 Å². The van der Waals surface area contributed by atoms with Crippen LogP contribution < -0.4 is 10.9 Å². The number of nitrogens with one attached hydrogen (secondary N) is 2. The first-order chi connectivity index (χ1) is 11.1. The Morgan fingerprint density at radius 2 is 2.22 bits per heavy atom. The molecule has 0 fully saturated rings. The summed E-state index contributed by atoms with van der Waals surface area (Å²) in [6.07, 6.45) is 3.25. The average molecular weight is 311 g/mol. The van der Waals surface area contributed by atoms with Crippen molar-refractivity contribution in [2.45, 2.75) is 13.5 Å². The topological polar surface area (TPSA) is 114 Å². The Morgan fingerprint density at radius 1 is 1.35 bits per heavy atom. The van der Waals surface area contributed by atoms with Crippen LogP contribution in [0, 0.1) is 6.92 Å². The molecule has 23 heavy (non-hydrogen) atoms. The molecule has 116 valence electrons. The van der Waals surface area contributed by atoms with E-state index in [2.05, 4.69) is 25.4 Å². The summed E-state index contributed by atoms with van der Waals surface area (Å²) in [5.74, 6) is 0.114. The summed E-state index contributed by atoms with van der Waals surface area (Å²) in [4.78, 5) is 34.4. The number of amides is 1. The van der Waals surface area contributed by atoms with Crippen molar-refractivity contribution in [3.8, 4) is 11.4 Å². The number of hydrogen-bond donors (Lipinski definition) is 2. The third-order valence-electron chi connectivity index (χ3n) is 3.09. The molecule has 3 aromatic rings. The van der Waals surface area contributed by atoms with E-state index in [9.17, 15) is 9.59 Å². The fourth-order valence-corrected chi connectivity index (χ4v) is 1.94. The summed E-state index contributed by atoms with van der Waals surface area (Å²) in [5, 5.41) is 6.39. The van der Waals surface area contributed by atoms with E-state index in [-0.39, 0.29) is 18.0 Å². The van der Waals surface area contributed by atoms with Crippen LogP contribution in [0.1, 0.15) is 21.9 Å². The second-order valence-corrected chi connectivity index (χ2v) is 4.82. The van der Waals surface area contributed by atoms with Crippen LogP contribution in [0.3, 0.4) is 0 Å². The van der Waals surface area contributed by atoms with Crippen LogP contribution in [0.5, 0.6) is 0 Å². The molecule has 0 saturated carbocycles. The standard InChI is InChI=1S/C15H13N5O3/c1-9-4-5-11(15(22)18-9)14(21)17-8-12-19-13(20-23-12)10-3-2-6-16-7-10/h2-7H,8H2,1H3,(H,17,21)(H,18,22). The predicted octanol–water partition coefficient (Wildman–Crippen LogP) is 1.06. The minimum Gasteiger partial charge on any atom is -0.343 e. The number of carbonyl (C=O) groups excluding carboxylic acids is 1. The van der Waals surface area contributed by atoms with Crippen LogP contribution in [0.25, 0.3) is 11.4 Å². The van der Waals surface area contributed by atoms with E-state index in [4.69, 9.17) is 4.52 Å². The number of aryl methyl sites for hydroxylation is 1. The third kappa shape index (κ3) is 3.31. The van der Waals surface area contributed by atoms with Crippen molar-refractivity contribution in [3.05, 3.63) is 64.2 Å². The number of pyridine rings is 2. The second-order valence-electron chi connectivity index (χ2n) is 4.82. The molecular formula is C15H13N5O3. The summed E-state index contributed by atoms with van der Waals surface area (Å²) in [6.45, 7) is 1.76. The maximum absolute atomic E-state index is 12.0. The van der Waals surface area contributed by atoms with Gasteiger partial charge in [-0.3, -0.25) is 14.6 Å². The van der Waals surface area contributed by atoms with Gasteiger partial charge in [0.1, 0.15) is 5.56 Å². The fourth-order valence-electron chi connectivity index (χ4n) is 1.94. The van der Waals surface area contributed by atoms with Gasteiger partial charge in [0.2, 0.25) is 11.7 Å². The first kappa shape index (κ1) is 14.6. The minimum atomic E-state index is -0.507. The summed E-state index contributed by atoms with van der Waals surface area (Å²) in [7, 11) is 0. The molecule has 8 nitrogen and oxygen atoms in total. The van der Waals surface area contributed by atoms with Gasteiger partial charge in [-0.1, -0.05) is 5.16 Å². The van der Waals surface area contributed by atoms with Gasteiger partial charge in [0.05, 0.1) is 6.54 Å². The number of rotatable bonds is 4. The Hall–Kier alpha value is -3.29. The Bertz CT molecular complexity index is 885. The highest BCUT2D eigenvalue weighted by molar-refractivity contribution is 5.93. The van der Waals surface area contributed by atoms with Gasteiger partial charge in [-0.15, -0.1) is 0 Å². The fraction of sp³-hybridized carbons (Fsp3) is 0.133. The van der Waals surface area contributed by atoms with E-state index in [1.54, 1.807) is 37.5 Å². The highest BCUT2D eigenvalue weighted by Crippen LogP contribution is 2.13. The first-order valence-electron chi connectivity index (χ1n) is 6.84. The normalized spacial score (nSPS) is 10.5. The van der Waals surface area contributed by atoms with Crippen molar-refractivity contribution >= 4 is 5.91 Å². The molecule has 1 amide bonds. The molecule has 3 aromatic heterocycles. The average Bonchev–Trinajstić information content (AvgIpc) is 3.02. The summed E-state index contributed by atoms with van der Waals surface area (Å²) in [6, 6.07) is 6.69. The molecule has 0 aliphatic carbocycles. The Morgan fingerprint density at radius 3 is 2.96 bits per heavy atom. The maximum atomic E-state index is 12.0. The second kappa shape index (κ2) is 6.22. The van der Waals surface area contributed by atoms with Crippen molar-refractivity contribution in [3.63, 3.8) is 0 Å². The molecule has 3 rings (SSSR count). The number of hydrogen-bond acceptors (Lipinski definition) is 6. The van der Waals surface area contributed by atoms with Gasteiger partial charge in [0, 0.05) is 23.7 Å². The predicted molar refractivity (Wildman–Crippen MR) is 80.5 cm³/mol. The molecule has 0 bridgehead atoms. The molecular weight excluding hydrogens is 298 g/mol. The highest BCUT2D eigenvalue weighted by Gasteiger charge is 2.13. The van der Waals surface area contributed by atoms with Crippen LogP contribution in [0.15, 0.2) is 46.0 Å². The number of H-pyrrole nitrogens is 1. The zero-order valence-electron chi connectivity index (χ0n) is 12.2. The summed E-state index contributed by atoms with van der Waals surface area (Å²) < 4.78 is 5.07. The summed E-state index contributed by atoms with van der Waals surface area (Å²) in [5.41, 5.74) is 0.986. The zero-order valence-corrected chi connectivity index (χ0v) is 12.2. The Kier molecular flexibility index (Phi) is 3.96. The zero-order chi connectivity index (χ0) is 16.2. The molecule has 3 heterocycles. The molecule has 0 aromatic carbocycles. The van der Waals surface area contributed by atoms with Gasteiger partial charge in [0.15, 0.2) is 0 Å². The van der Waals surface area contributed by atoms with Crippen LogP contribution in [-0.2, 0) is 6.54 Å². The van der Waals surface area contributed by atoms with Crippen molar-refractivity contribution in [1.82, 2.24) is 25.4 Å². The molecule has 0 unspecified atom stereocenters. The van der Waals surface area contributed by atoms with Gasteiger partial charge < -0.3 is 14.8 Å². The monoisotopic (exact) mass is 311 g/mol. The number of carbonyl (C=O) groups is 1. The molecule has 0 aliphatic rings. The SMILES string of the molecule is Cc1ccc(C(=O)NCc2nc(-c3cccnc3)no2)c(=O)[nH]1. The summed E-state index contributed by atoms with van der Waals surface area (Å²) >= 11 is 0. The van der Waals surface area contributed by atoms with Crippen molar-refractivity contribution < 1.29 is 9.32 Å². The number of aromatic nitrogens is 4. The van der Waals surface area contributed by atoms with Crippen LogP contribution in [0.2, 0.25) is 0 Å². The van der Waals surface area contributed by atoms with Crippen molar-refractivity contribution in [1.29, 1.82) is 0 Å². The van der Waals surface area contributed by atoms with Crippen LogP contribution in [-0.4, -0.2) is 26.0 Å². The van der Waals surface area contributed by atoms with Crippen molar-refractivity contribution in [2.75, 3.05) is 0 Å². The smallest absolute Gasteiger partial charge is 0.260 e. The largest absolute Gasteiger partial charge is 0.343 e. The minimum absolute atomic E-state index is 0.0272. The van der Waals surface area contributed by atoms with Gasteiger partial charge in [-0.05, 0) is 31.2 Å². The molecule has 0 radical (unpaired) electrons. The molecule has 8 heteroatoms. The lowest BCUT2D eigenvalue weighted by atomic mass is 10.2. The third-order valence-corrected chi connectivity index (χ3v) is 3.09. The van der Waals surface area contributed by atoms with Crippen molar-refractivity contribution in [2.24, 2.45) is 0 Å². The maximum Gasteiger partial charge on any atom is 0.260 e. The van der Waals surface area contributed by atoms with E-state index >= 15 is 0 Å². The molecule has 0 atom stereocenters.